The van der Waals surface area contributed by atoms with Crippen LogP contribution in [0.1, 0.15) is 25.4 Å². The first kappa shape index (κ1) is 14.3. The molecule has 2 aromatic rings. The quantitative estimate of drug-likeness (QED) is 0.881. The second-order valence-electron chi connectivity index (χ2n) is 5.03. The summed E-state index contributed by atoms with van der Waals surface area (Å²) in [7, 11) is 0. The maximum atomic E-state index is 4.70. The molecular weight excluding hydrogens is 302 g/mol. The van der Waals surface area contributed by atoms with E-state index in [0.29, 0.717) is 6.04 Å². The van der Waals surface area contributed by atoms with E-state index in [1.54, 1.807) is 0 Å². The van der Waals surface area contributed by atoms with Gasteiger partial charge in [-0.25, -0.2) is 4.98 Å². The van der Waals surface area contributed by atoms with Gasteiger partial charge in [0.05, 0.1) is 5.69 Å². The Morgan fingerprint density at radius 2 is 2.16 bits per heavy atom. The summed E-state index contributed by atoms with van der Waals surface area (Å²) >= 11 is 3.50. The number of imidazole rings is 1. The molecule has 1 heterocycles. The molecule has 0 aliphatic rings. The van der Waals surface area contributed by atoms with Crippen molar-refractivity contribution in [1.82, 2.24) is 15.3 Å². The molecule has 19 heavy (non-hydrogen) atoms. The summed E-state index contributed by atoms with van der Waals surface area (Å²) in [4.78, 5) is 8.07. The van der Waals surface area contributed by atoms with Gasteiger partial charge in [0, 0.05) is 34.7 Å². The third kappa shape index (κ3) is 3.91. The number of H-pyrrole nitrogens is 1. The van der Waals surface area contributed by atoms with Crippen LogP contribution in [0.25, 0.3) is 11.3 Å². The van der Waals surface area contributed by atoms with E-state index in [2.05, 4.69) is 59.1 Å². The Kier molecular flexibility index (Phi) is 4.77. The predicted molar refractivity (Wildman–Crippen MR) is 83.3 cm³/mol. The number of aryl methyl sites for hydroxylation is 1. The van der Waals surface area contributed by atoms with Crippen molar-refractivity contribution in [3.8, 4) is 11.3 Å². The maximum Gasteiger partial charge on any atom is 0.108 e. The van der Waals surface area contributed by atoms with Crippen LogP contribution < -0.4 is 5.32 Å². The number of aromatic nitrogens is 2. The Hall–Kier alpha value is -1.13. The summed E-state index contributed by atoms with van der Waals surface area (Å²) < 4.78 is 1.08. The summed E-state index contributed by atoms with van der Waals surface area (Å²) in [6.07, 6.45) is 0.924. The minimum atomic E-state index is 0.514. The van der Waals surface area contributed by atoms with E-state index in [1.807, 2.05) is 12.1 Å². The number of hydrogen-bond acceptors (Lipinski definition) is 2. The number of hydrogen-bond donors (Lipinski definition) is 2. The highest BCUT2D eigenvalue weighted by atomic mass is 79.9. The molecule has 0 aliphatic carbocycles. The van der Waals surface area contributed by atoms with E-state index in [4.69, 9.17) is 4.98 Å². The molecule has 0 bridgehead atoms. The molecule has 0 aliphatic heterocycles. The molecule has 1 aromatic heterocycles. The SMILES string of the molecule is Cc1[nH]c(CCNC(C)C)nc1-c1cccc(Br)c1. The minimum Gasteiger partial charge on any atom is -0.346 e. The van der Waals surface area contributed by atoms with Crippen molar-refractivity contribution in [2.75, 3.05) is 6.54 Å². The van der Waals surface area contributed by atoms with E-state index in [1.165, 1.54) is 0 Å². The van der Waals surface area contributed by atoms with Gasteiger partial charge in [-0.15, -0.1) is 0 Å². The molecule has 0 amide bonds. The van der Waals surface area contributed by atoms with Crippen molar-refractivity contribution in [3.05, 3.63) is 40.3 Å². The normalized spacial score (nSPS) is 11.2. The van der Waals surface area contributed by atoms with Crippen LogP contribution >= 0.6 is 15.9 Å². The summed E-state index contributed by atoms with van der Waals surface area (Å²) in [5, 5.41) is 3.40. The van der Waals surface area contributed by atoms with E-state index in [9.17, 15) is 0 Å². The molecule has 102 valence electrons. The first-order valence-electron chi connectivity index (χ1n) is 6.61. The fraction of sp³-hybridized carbons (Fsp3) is 0.400. The van der Waals surface area contributed by atoms with Crippen LogP contribution in [0.2, 0.25) is 0 Å². The lowest BCUT2D eigenvalue weighted by atomic mass is 10.1. The third-order valence-electron chi connectivity index (χ3n) is 2.95. The maximum absolute atomic E-state index is 4.70. The second kappa shape index (κ2) is 6.35. The van der Waals surface area contributed by atoms with Crippen LogP contribution in [0.5, 0.6) is 0 Å². The van der Waals surface area contributed by atoms with Gasteiger partial charge in [-0.3, -0.25) is 0 Å². The van der Waals surface area contributed by atoms with Crippen LogP contribution in [0.15, 0.2) is 28.7 Å². The van der Waals surface area contributed by atoms with Gasteiger partial charge in [0.25, 0.3) is 0 Å². The molecule has 0 saturated heterocycles. The lowest BCUT2D eigenvalue weighted by molar-refractivity contribution is 0.584. The van der Waals surface area contributed by atoms with Gasteiger partial charge >= 0.3 is 0 Å². The number of aromatic amines is 1. The van der Waals surface area contributed by atoms with Gasteiger partial charge in [0.15, 0.2) is 0 Å². The topological polar surface area (TPSA) is 40.7 Å². The van der Waals surface area contributed by atoms with Crippen molar-refractivity contribution >= 4 is 15.9 Å². The van der Waals surface area contributed by atoms with Crippen LogP contribution in [-0.2, 0) is 6.42 Å². The molecular formula is C15H20BrN3. The Balaban J connectivity index is 2.12. The monoisotopic (exact) mass is 321 g/mol. The number of halogens is 1. The Morgan fingerprint density at radius 1 is 1.37 bits per heavy atom. The number of rotatable bonds is 5. The summed E-state index contributed by atoms with van der Waals surface area (Å²) in [5.41, 5.74) is 3.31. The van der Waals surface area contributed by atoms with Crippen LogP contribution in [0, 0.1) is 6.92 Å². The smallest absolute Gasteiger partial charge is 0.108 e. The van der Waals surface area contributed by atoms with Gasteiger partial charge in [-0.05, 0) is 19.1 Å². The fourth-order valence-electron chi connectivity index (χ4n) is 2.04. The first-order valence-corrected chi connectivity index (χ1v) is 7.40. The molecule has 3 nitrogen and oxygen atoms in total. The molecule has 2 rings (SSSR count). The van der Waals surface area contributed by atoms with Gasteiger partial charge in [-0.2, -0.15) is 0 Å². The Bertz CT molecular complexity index is 546. The molecule has 0 atom stereocenters. The minimum absolute atomic E-state index is 0.514. The van der Waals surface area contributed by atoms with Crippen molar-refractivity contribution < 1.29 is 0 Å². The van der Waals surface area contributed by atoms with Crippen molar-refractivity contribution in [1.29, 1.82) is 0 Å². The largest absolute Gasteiger partial charge is 0.346 e. The highest BCUT2D eigenvalue weighted by molar-refractivity contribution is 9.10. The Labute approximate surface area is 123 Å². The predicted octanol–water partition coefficient (Wildman–Crippen LogP) is 3.69. The lowest BCUT2D eigenvalue weighted by Gasteiger charge is -2.05. The molecule has 0 spiro atoms. The molecule has 0 fully saturated rings. The number of nitrogens with zero attached hydrogens (tertiary/aromatic N) is 1. The van der Waals surface area contributed by atoms with Crippen molar-refractivity contribution in [3.63, 3.8) is 0 Å². The average molecular weight is 322 g/mol. The van der Waals surface area contributed by atoms with Gasteiger partial charge in [-0.1, -0.05) is 41.9 Å². The molecule has 0 unspecified atom stereocenters. The van der Waals surface area contributed by atoms with E-state index in [0.717, 1.165) is 40.2 Å². The zero-order valence-corrected chi connectivity index (χ0v) is 13.2. The average Bonchev–Trinajstić information content (AvgIpc) is 2.70. The second-order valence-corrected chi connectivity index (χ2v) is 5.94. The van der Waals surface area contributed by atoms with Gasteiger partial charge in [0.1, 0.15) is 5.82 Å². The zero-order chi connectivity index (χ0) is 13.8. The van der Waals surface area contributed by atoms with E-state index < -0.39 is 0 Å². The highest BCUT2D eigenvalue weighted by Gasteiger charge is 2.09. The van der Waals surface area contributed by atoms with Crippen molar-refractivity contribution in [2.24, 2.45) is 0 Å². The Morgan fingerprint density at radius 3 is 2.84 bits per heavy atom. The summed E-state index contributed by atoms with van der Waals surface area (Å²) in [5.74, 6) is 1.04. The molecule has 0 radical (unpaired) electrons. The zero-order valence-electron chi connectivity index (χ0n) is 11.6. The van der Waals surface area contributed by atoms with Crippen LogP contribution in [0.3, 0.4) is 0 Å². The third-order valence-corrected chi connectivity index (χ3v) is 3.44. The lowest BCUT2D eigenvalue weighted by Crippen LogP contribution is -2.25. The van der Waals surface area contributed by atoms with Crippen LogP contribution in [0.4, 0.5) is 0 Å². The standard InChI is InChI=1S/C15H20BrN3/c1-10(2)17-8-7-14-18-11(3)15(19-14)12-5-4-6-13(16)9-12/h4-6,9-10,17H,7-8H2,1-3H3,(H,18,19). The molecule has 1 aromatic carbocycles. The molecule has 2 N–H and O–H groups in total. The first-order chi connectivity index (χ1) is 9.06. The fourth-order valence-corrected chi connectivity index (χ4v) is 2.44. The van der Waals surface area contributed by atoms with Crippen molar-refractivity contribution in [2.45, 2.75) is 33.2 Å². The van der Waals surface area contributed by atoms with E-state index >= 15 is 0 Å². The number of nitrogens with one attached hydrogen (secondary N) is 2. The number of benzene rings is 1. The van der Waals surface area contributed by atoms with Gasteiger partial charge in [0.2, 0.25) is 0 Å². The molecule has 4 heteroatoms. The summed E-state index contributed by atoms with van der Waals surface area (Å²) in [6.45, 7) is 7.33. The van der Waals surface area contributed by atoms with E-state index in [-0.39, 0.29) is 0 Å². The van der Waals surface area contributed by atoms with Crippen LogP contribution in [-0.4, -0.2) is 22.6 Å². The molecule has 0 saturated carbocycles. The van der Waals surface area contributed by atoms with Gasteiger partial charge < -0.3 is 10.3 Å². The highest BCUT2D eigenvalue weighted by Crippen LogP contribution is 2.24. The summed E-state index contributed by atoms with van der Waals surface area (Å²) in [6, 6.07) is 8.76.